The lowest BCUT2D eigenvalue weighted by Gasteiger charge is -2.44. The van der Waals surface area contributed by atoms with Crippen LogP contribution in [0.4, 0.5) is 18.0 Å². The summed E-state index contributed by atoms with van der Waals surface area (Å²) in [5, 5.41) is 26.8. The van der Waals surface area contributed by atoms with Crippen LogP contribution in [0, 0.1) is 5.92 Å². The number of hydrogen-bond acceptors (Lipinski definition) is 10. The number of halogens is 3. The number of carbonyl (C=O) groups excluding carboxylic acids is 3. The standard InChI is InChI=1S/C37H44F3N5O10S/c1-33(13-14-33)56(52,53)44-31(48)36-16-20(36)9-7-5-4-6-8-10-24(42-32(49)50)30(47)45-19-35(17-25(45)29(46)43-36)18-34(2,51)26-22-15-21(54-3)11-12-23(22)41-28(27(26)55-35)37(38,39)40/h7,9,11-12,15,20,24-25,42,51H,4-6,8,10,13-14,16-19H2,1-3H3,(H,43,46)(H,44,48)(H,49,50)/b9-7-/t20-,24+,25+,34-,35+,36-/m1/s1. The van der Waals surface area contributed by atoms with Gasteiger partial charge in [-0.25, -0.2) is 18.2 Å². The summed E-state index contributed by atoms with van der Waals surface area (Å²) in [6.45, 7) is 2.24. The van der Waals surface area contributed by atoms with E-state index in [1.54, 1.807) is 6.08 Å². The maximum atomic E-state index is 14.8. The highest BCUT2D eigenvalue weighted by Gasteiger charge is 2.65. The van der Waals surface area contributed by atoms with E-state index in [0.717, 1.165) is 4.90 Å². The fraction of sp³-hybridized carbons (Fsp3) is 0.595. The second-order valence-corrected chi connectivity index (χ2v) is 18.4. The number of alkyl halides is 3. The first-order valence-corrected chi connectivity index (χ1v) is 20.0. The minimum atomic E-state index is -5.08. The number of rotatable bonds is 5. The molecule has 0 bridgehead atoms. The first kappa shape index (κ1) is 39.6. The normalized spacial score (nSPS) is 32.1. The van der Waals surface area contributed by atoms with Crippen molar-refractivity contribution in [3.63, 3.8) is 0 Å². The van der Waals surface area contributed by atoms with Crippen LogP contribution in [0.2, 0.25) is 0 Å². The summed E-state index contributed by atoms with van der Waals surface area (Å²) < 4.78 is 83.1. The SMILES string of the molecule is COc1ccc2nc(C(F)(F)F)c3c(c2c1)[C@](C)(O)C[C@]1(C[C@H]2C(=O)N[C@]4(C(=O)NS(=O)(=O)C5(C)CC5)C[C@H]4/C=C\CCCCC[C@H](NC(=O)O)C(=O)N2C1)O3. The monoisotopic (exact) mass is 807 g/mol. The molecule has 304 valence electrons. The number of hydrogen-bond donors (Lipinski definition) is 5. The molecule has 7 rings (SSSR count). The Balaban J connectivity index is 1.31. The Morgan fingerprint density at radius 1 is 1.12 bits per heavy atom. The molecule has 2 aliphatic carbocycles. The molecular weight excluding hydrogens is 763 g/mol. The molecule has 56 heavy (non-hydrogen) atoms. The van der Waals surface area contributed by atoms with Crippen LogP contribution in [0.3, 0.4) is 0 Å². The van der Waals surface area contributed by atoms with Crippen LogP contribution in [0.25, 0.3) is 10.9 Å². The van der Waals surface area contributed by atoms with Crippen molar-refractivity contribution in [3.05, 3.63) is 41.6 Å². The molecule has 2 aromatic rings. The van der Waals surface area contributed by atoms with Gasteiger partial charge >= 0.3 is 12.3 Å². The van der Waals surface area contributed by atoms with E-state index in [1.807, 2.05) is 6.08 Å². The highest BCUT2D eigenvalue weighted by molar-refractivity contribution is 7.91. The smallest absolute Gasteiger partial charge is 0.437 e. The molecule has 1 aromatic carbocycles. The Morgan fingerprint density at radius 3 is 2.52 bits per heavy atom. The molecule has 0 unspecified atom stereocenters. The Hall–Kier alpha value is -4.65. The van der Waals surface area contributed by atoms with Crippen LogP contribution in [0.15, 0.2) is 30.4 Å². The van der Waals surface area contributed by atoms with Gasteiger partial charge in [-0.3, -0.25) is 19.1 Å². The Bertz CT molecular complexity index is 2140. The molecule has 4 heterocycles. The van der Waals surface area contributed by atoms with Crippen molar-refractivity contribution in [2.24, 2.45) is 5.92 Å². The summed E-state index contributed by atoms with van der Waals surface area (Å²) in [7, 11) is -2.77. The second kappa shape index (κ2) is 13.5. The molecule has 5 N–H and O–H groups in total. The molecule has 6 atom stereocenters. The quantitative estimate of drug-likeness (QED) is 0.275. The van der Waals surface area contributed by atoms with Crippen LogP contribution in [-0.2, 0) is 36.2 Å². The van der Waals surface area contributed by atoms with Gasteiger partial charge in [0.25, 0.3) is 5.91 Å². The molecular formula is C37H44F3N5O10S. The lowest BCUT2D eigenvalue weighted by Crippen LogP contribution is -2.58. The zero-order valence-corrected chi connectivity index (χ0v) is 31.8. The van der Waals surface area contributed by atoms with Gasteiger partial charge in [-0.2, -0.15) is 13.2 Å². The van der Waals surface area contributed by atoms with Gasteiger partial charge in [-0.05, 0) is 70.6 Å². The Labute approximate surface area is 320 Å². The molecule has 2 saturated carbocycles. The highest BCUT2D eigenvalue weighted by Crippen LogP contribution is 2.54. The molecule has 19 heteroatoms. The van der Waals surface area contributed by atoms with Crippen molar-refractivity contribution < 1.29 is 60.5 Å². The predicted molar refractivity (Wildman–Crippen MR) is 192 cm³/mol. The van der Waals surface area contributed by atoms with Gasteiger partial charge in [-0.15, -0.1) is 0 Å². The zero-order chi connectivity index (χ0) is 40.6. The molecule has 1 aromatic heterocycles. The lowest BCUT2D eigenvalue weighted by atomic mass is 9.77. The van der Waals surface area contributed by atoms with Gasteiger partial charge < -0.3 is 35.2 Å². The van der Waals surface area contributed by atoms with Gasteiger partial charge in [0.2, 0.25) is 21.8 Å². The van der Waals surface area contributed by atoms with E-state index in [2.05, 4.69) is 20.3 Å². The van der Waals surface area contributed by atoms with Crippen LogP contribution >= 0.6 is 0 Å². The summed E-state index contributed by atoms with van der Waals surface area (Å²) in [6.07, 6.45) is -1.01. The minimum absolute atomic E-state index is 0.0258. The van der Waals surface area contributed by atoms with E-state index in [1.165, 1.54) is 39.2 Å². The predicted octanol–water partition coefficient (Wildman–Crippen LogP) is 3.62. The van der Waals surface area contributed by atoms with Gasteiger partial charge in [0, 0.05) is 29.7 Å². The van der Waals surface area contributed by atoms with Crippen LogP contribution in [0.1, 0.15) is 89.3 Å². The van der Waals surface area contributed by atoms with Crippen molar-refractivity contribution in [2.75, 3.05) is 13.7 Å². The van der Waals surface area contributed by atoms with Crippen LogP contribution in [-0.4, -0.2) is 94.0 Å². The molecule has 1 spiro atoms. The first-order chi connectivity index (χ1) is 26.1. The number of aromatic nitrogens is 1. The summed E-state index contributed by atoms with van der Waals surface area (Å²) in [6, 6.07) is 1.24. The molecule has 1 saturated heterocycles. The number of benzene rings is 1. The number of carboxylic acid groups (broad SMARTS) is 1. The number of ether oxygens (including phenoxy) is 2. The van der Waals surface area contributed by atoms with E-state index < -0.39 is 110 Å². The number of methoxy groups -OCH3 is 1. The third-order valence-corrected chi connectivity index (χ3v) is 14.0. The lowest BCUT2D eigenvalue weighted by molar-refractivity contribution is -0.147. The van der Waals surface area contributed by atoms with E-state index in [9.17, 15) is 51.0 Å². The first-order valence-electron chi connectivity index (χ1n) is 18.5. The van der Waals surface area contributed by atoms with E-state index >= 15 is 0 Å². The largest absolute Gasteiger partial charge is 0.497 e. The number of amides is 4. The van der Waals surface area contributed by atoms with E-state index in [4.69, 9.17) is 9.47 Å². The zero-order valence-electron chi connectivity index (χ0n) is 31.0. The summed E-state index contributed by atoms with van der Waals surface area (Å²) in [4.78, 5) is 59.5. The molecule has 4 amide bonds. The van der Waals surface area contributed by atoms with E-state index in [0.29, 0.717) is 38.5 Å². The summed E-state index contributed by atoms with van der Waals surface area (Å²) >= 11 is 0. The average Bonchev–Trinajstić information content (AvgIpc) is 4.00. The van der Waals surface area contributed by atoms with Crippen molar-refractivity contribution in [1.82, 2.24) is 25.2 Å². The number of fused-ring (bicyclic) bond motifs is 5. The molecule has 0 radical (unpaired) electrons. The number of nitrogens with one attached hydrogen (secondary N) is 3. The van der Waals surface area contributed by atoms with Gasteiger partial charge in [-0.1, -0.05) is 25.0 Å². The number of carbonyl (C=O) groups is 4. The number of sulfonamides is 1. The maximum absolute atomic E-state index is 14.8. The molecule has 3 aliphatic heterocycles. The molecule has 15 nitrogen and oxygen atoms in total. The van der Waals surface area contributed by atoms with Crippen LogP contribution < -0.4 is 24.8 Å². The Kier molecular flexibility index (Phi) is 9.53. The minimum Gasteiger partial charge on any atom is -0.497 e. The maximum Gasteiger partial charge on any atom is 0.437 e. The topological polar surface area (TPSA) is 214 Å². The fourth-order valence-corrected chi connectivity index (χ4v) is 9.79. The highest BCUT2D eigenvalue weighted by atomic mass is 32.2. The number of nitrogens with zero attached hydrogens (tertiary/aromatic N) is 2. The third-order valence-electron chi connectivity index (χ3n) is 11.8. The van der Waals surface area contributed by atoms with Crippen molar-refractivity contribution in [2.45, 2.75) is 118 Å². The number of aliphatic hydroxyl groups is 1. The van der Waals surface area contributed by atoms with Crippen molar-refractivity contribution >= 4 is 44.7 Å². The third kappa shape index (κ3) is 7.00. The summed E-state index contributed by atoms with van der Waals surface area (Å²) in [5.74, 6) is -3.92. The number of allylic oxidation sites excluding steroid dienone is 1. The van der Waals surface area contributed by atoms with Crippen LogP contribution in [0.5, 0.6) is 11.5 Å². The second-order valence-electron chi connectivity index (χ2n) is 16.2. The number of pyridine rings is 1. The van der Waals surface area contributed by atoms with Gasteiger partial charge in [0.1, 0.15) is 29.0 Å². The molecule has 5 aliphatic rings. The Morgan fingerprint density at radius 2 is 1.86 bits per heavy atom. The molecule has 3 fully saturated rings. The average molecular weight is 808 g/mol. The fourth-order valence-electron chi connectivity index (χ4n) is 8.48. The van der Waals surface area contributed by atoms with Gasteiger partial charge in [0.05, 0.1) is 29.5 Å². The van der Waals surface area contributed by atoms with Gasteiger partial charge in [0.15, 0.2) is 11.4 Å². The van der Waals surface area contributed by atoms with E-state index in [-0.39, 0.29) is 35.1 Å². The summed E-state index contributed by atoms with van der Waals surface area (Å²) in [5.41, 5.74) is -7.43. The van der Waals surface area contributed by atoms with Crippen molar-refractivity contribution in [3.8, 4) is 11.5 Å². The van der Waals surface area contributed by atoms with Crippen molar-refractivity contribution in [1.29, 1.82) is 0 Å².